The van der Waals surface area contributed by atoms with Gasteiger partial charge in [-0.25, -0.2) is 0 Å². The van der Waals surface area contributed by atoms with Crippen LogP contribution in [0.1, 0.15) is 29.2 Å². The first kappa shape index (κ1) is 18.2. The molecular weight excluding hydrogens is 346 g/mol. The number of nitrogens with zero attached hydrogens (tertiary/aromatic N) is 3. The lowest BCUT2D eigenvalue weighted by Crippen LogP contribution is -2.44. The predicted molar refractivity (Wildman–Crippen MR) is 103 cm³/mol. The summed E-state index contributed by atoms with van der Waals surface area (Å²) in [5.74, 6) is 1.54. The Morgan fingerprint density at radius 1 is 1.31 bits per heavy atom. The Kier molecular flexibility index (Phi) is 5.45. The average molecular weight is 376 g/mol. The first-order valence-electron chi connectivity index (χ1n) is 9.55. The molecule has 2 aliphatic heterocycles. The van der Waals surface area contributed by atoms with E-state index in [1.54, 1.807) is 0 Å². The number of aromatic nitrogens is 1. The van der Waals surface area contributed by atoms with Crippen LogP contribution in [0.2, 0.25) is 0 Å². The first-order chi connectivity index (χ1) is 12.7. The summed E-state index contributed by atoms with van der Waals surface area (Å²) in [6, 6.07) is 6.46. The molecule has 2 saturated heterocycles. The molecule has 0 amide bonds. The van der Waals surface area contributed by atoms with E-state index in [0.717, 1.165) is 50.8 Å². The fourth-order valence-electron chi connectivity index (χ4n) is 4.76. The fourth-order valence-corrected chi connectivity index (χ4v) is 5.51. The lowest BCUT2D eigenvalue weighted by molar-refractivity contribution is 0.0344. The fraction of sp³-hybridized carbons (Fsp3) is 0.650. The summed E-state index contributed by atoms with van der Waals surface area (Å²) < 4.78 is 10.8. The van der Waals surface area contributed by atoms with E-state index < -0.39 is 0 Å². The Balaban J connectivity index is 1.38. The quantitative estimate of drug-likeness (QED) is 0.774. The van der Waals surface area contributed by atoms with Gasteiger partial charge in [-0.1, -0.05) is 11.2 Å². The molecule has 2 fully saturated rings. The van der Waals surface area contributed by atoms with Gasteiger partial charge in [0.2, 0.25) is 0 Å². The number of piperidine rings is 1. The number of hydrogen-bond donors (Lipinski definition) is 0. The van der Waals surface area contributed by atoms with Gasteiger partial charge in [0.05, 0.1) is 12.3 Å². The van der Waals surface area contributed by atoms with E-state index in [9.17, 15) is 0 Å². The maximum Gasteiger partial charge on any atom is 0.133 e. The molecule has 0 unspecified atom stereocenters. The van der Waals surface area contributed by atoms with Crippen LogP contribution in [0.25, 0.3) is 0 Å². The lowest BCUT2D eigenvalue weighted by Gasteiger charge is -2.42. The molecule has 26 heavy (non-hydrogen) atoms. The molecule has 1 atom stereocenters. The number of thiophene rings is 1. The monoisotopic (exact) mass is 375 g/mol. The normalized spacial score (nSPS) is 23.8. The maximum absolute atomic E-state index is 5.60. The Morgan fingerprint density at radius 3 is 2.81 bits per heavy atom. The molecule has 5 nitrogen and oxygen atoms in total. The third kappa shape index (κ3) is 3.88. The molecule has 2 aliphatic rings. The highest BCUT2D eigenvalue weighted by Gasteiger charge is 2.47. The second kappa shape index (κ2) is 7.80. The van der Waals surface area contributed by atoms with Crippen molar-refractivity contribution in [2.75, 3.05) is 39.9 Å². The molecule has 142 valence electrons. The van der Waals surface area contributed by atoms with Crippen molar-refractivity contribution in [2.24, 2.45) is 11.3 Å². The van der Waals surface area contributed by atoms with Gasteiger partial charge in [0, 0.05) is 50.2 Å². The molecule has 0 radical (unpaired) electrons. The van der Waals surface area contributed by atoms with E-state index in [-0.39, 0.29) is 0 Å². The van der Waals surface area contributed by atoms with E-state index in [2.05, 4.69) is 38.5 Å². The number of rotatable bonds is 6. The minimum Gasteiger partial charge on any atom is -0.384 e. The average Bonchev–Trinajstić information content (AvgIpc) is 3.34. The van der Waals surface area contributed by atoms with Crippen molar-refractivity contribution in [3.8, 4) is 0 Å². The molecule has 0 bridgehead atoms. The zero-order valence-electron chi connectivity index (χ0n) is 15.8. The van der Waals surface area contributed by atoms with Crippen LogP contribution in [0.5, 0.6) is 0 Å². The summed E-state index contributed by atoms with van der Waals surface area (Å²) in [5, 5.41) is 6.33. The third-order valence-corrected chi connectivity index (χ3v) is 6.99. The highest BCUT2D eigenvalue weighted by Crippen LogP contribution is 2.45. The third-order valence-electron chi connectivity index (χ3n) is 6.12. The molecule has 1 spiro atoms. The highest BCUT2D eigenvalue weighted by atomic mass is 32.1. The van der Waals surface area contributed by atoms with Crippen molar-refractivity contribution in [1.29, 1.82) is 0 Å². The Labute approximate surface area is 159 Å². The van der Waals surface area contributed by atoms with E-state index in [4.69, 9.17) is 9.26 Å². The SMILES string of the molecule is COC[C@H]1CN(Cc2cccs2)CC12CCN(Cc1cc(C)on1)CC2. The molecule has 4 heterocycles. The number of methoxy groups -OCH3 is 1. The Bertz CT molecular complexity index is 692. The van der Waals surface area contributed by atoms with E-state index in [1.807, 2.05) is 25.4 Å². The van der Waals surface area contributed by atoms with Gasteiger partial charge in [-0.15, -0.1) is 11.3 Å². The molecule has 0 aliphatic carbocycles. The van der Waals surface area contributed by atoms with E-state index >= 15 is 0 Å². The zero-order chi connectivity index (χ0) is 18.0. The highest BCUT2D eigenvalue weighted by molar-refractivity contribution is 7.09. The van der Waals surface area contributed by atoms with Crippen LogP contribution in [0.15, 0.2) is 28.1 Å². The van der Waals surface area contributed by atoms with Gasteiger partial charge >= 0.3 is 0 Å². The van der Waals surface area contributed by atoms with Gasteiger partial charge in [0.15, 0.2) is 0 Å². The summed E-state index contributed by atoms with van der Waals surface area (Å²) in [6.45, 7) is 9.46. The van der Waals surface area contributed by atoms with Gasteiger partial charge in [-0.2, -0.15) is 0 Å². The molecule has 0 saturated carbocycles. The smallest absolute Gasteiger partial charge is 0.133 e. The first-order valence-corrected chi connectivity index (χ1v) is 10.4. The van der Waals surface area contributed by atoms with Crippen molar-refractivity contribution in [2.45, 2.75) is 32.9 Å². The standard InChI is InChI=1S/C20H29N3O2S/c1-16-10-18(21-25-16)12-22-7-5-20(6-8-22)15-23(11-17(20)14-24-2)13-19-4-3-9-26-19/h3-4,9-10,17H,5-8,11-15H2,1-2H3/t17-/m1/s1. The summed E-state index contributed by atoms with van der Waals surface area (Å²) in [5.41, 5.74) is 1.46. The van der Waals surface area contributed by atoms with Crippen molar-refractivity contribution < 1.29 is 9.26 Å². The Morgan fingerprint density at radius 2 is 2.15 bits per heavy atom. The van der Waals surface area contributed by atoms with Crippen LogP contribution < -0.4 is 0 Å². The van der Waals surface area contributed by atoms with Crippen LogP contribution in [0, 0.1) is 18.3 Å². The lowest BCUT2D eigenvalue weighted by atomic mass is 9.71. The second-order valence-corrected chi connectivity index (χ2v) is 9.00. The van der Waals surface area contributed by atoms with Crippen LogP contribution >= 0.6 is 11.3 Å². The molecular formula is C20H29N3O2S. The minimum absolute atomic E-state index is 0.406. The van der Waals surface area contributed by atoms with Crippen LogP contribution in [0.4, 0.5) is 0 Å². The number of hydrogen-bond acceptors (Lipinski definition) is 6. The molecule has 2 aromatic heterocycles. The topological polar surface area (TPSA) is 41.7 Å². The summed E-state index contributed by atoms with van der Waals surface area (Å²) in [7, 11) is 1.84. The summed E-state index contributed by atoms with van der Waals surface area (Å²) >= 11 is 1.87. The van der Waals surface area contributed by atoms with Crippen molar-refractivity contribution in [3.63, 3.8) is 0 Å². The van der Waals surface area contributed by atoms with Crippen molar-refractivity contribution in [1.82, 2.24) is 15.0 Å². The zero-order valence-corrected chi connectivity index (χ0v) is 16.6. The molecule has 0 N–H and O–H groups in total. The molecule has 2 aromatic rings. The van der Waals surface area contributed by atoms with Gasteiger partial charge < -0.3 is 9.26 Å². The van der Waals surface area contributed by atoms with Crippen molar-refractivity contribution >= 4 is 11.3 Å². The van der Waals surface area contributed by atoms with E-state index in [0.29, 0.717) is 11.3 Å². The maximum atomic E-state index is 5.60. The Hall–Kier alpha value is -1.21. The summed E-state index contributed by atoms with van der Waals surface area (Å²) in [6.07, 6.45) is 2.50. The minimum atomic E-state index is 0.406. The number of aryl methyl sites for hydroxylation is 1. The predicted octanol–water partition coefficient (Wildman–Crippen LogP) is 3.41. The molecule has 0 aromatic carbocycles. The van der Waals surface area contributed by atoms with E-state index in [1.165, 1.54) is 24.3 Å². The van der Waals surface area contributed by atoms with Crippen molar-refractivity contribution in [3.05, 3.63) is 39.9 Å². The van der Waals surface area contributed by atoms with Gasteiger partial charge in [-0.3, -0.25) is 9.80 Å². The van der Waals surface area contributed by atoms with Gasteiger partial charge in [0.25, 0.3) is 0 Å². The molecule has 4 rings (SSSR count). The van der Waals surface area contributed by atoms with Crippen LogP contribution in [0.3, 0.4) is 0 Å². The molecule has 6 heteroatoms. The van der Waals surface area contributed by atoms with Crippen LogP contribution in [-0.2, 0) is 17.8 Å². The number of likely N-dealkylation sites (tertiary alicyclic amines) is 2. The second-order valence-electron chi connectivity index (χ2n) is 7.97. The number of ether oxygens (including phenoxy) is 1. The summed E-state index contributed by atoms with van der Waals surface area (Å²) in [4.78, 5) is 6.64. The van der Waals surface area contributed by atoms with Gasteiger partial charge in [0.1, 0.15) is 5.76 Å². The largest absolute Gasteiger partial charge is 0.384 e. The van der Waals surface area contributed by atoms with Gasteiger partial charge in [-0.05, 0) is 49.7 Å². The van der Waals surface area contributed by atoms with Crippen LogP contribution in [-0.4, -0.2) is 54.9 Å².